The standard InChI is InChI=1S/C21H19NOS/c1-2-3-12-23-21-11-8-18-13-17(4-5-19(18)14-21)16-6-9-20(10-7-16)22-15-24/h4-11,13-14H,2-3,12H2,1H3. The van der Waals surface area contributed by atoms with Gasteiger partial charge in [-0.1, -0.05) is 43.7 Å². The van der Waals surface area contributed by atoms with E-state index in [0.717, 1.165) is 36.4 Å². The number of thiocarbonyl (C=S) groups is 1. The Bertz CT molecular complexity index is 880. The fraction of sp³-hybridized carbons (Fsp3) is 0.190. The molecule has 0 unspecified atom stereocenters. The highest BCUT2D eigenvalue weighted by Crippen LogP contribution is 2.28. The minimum atomic E-state index is 0.774. The molecule has 0 spiro atoms. The van der Waals surface area contributed by atoms with Crippen molar-refractivity contribution in [3.8, 4) is 16.9 Å². The molecule has 0 amide bonds. The molecule has 0 fully saturated rings. The monoisotopic (exact) mass is 333 g/mol. The first kappa shape index (κ1) is 16.4. The van der Waals surface area contributed by atoms with Crippen LogP contribution in [-0.4, -0.2) is 11.8 Å². The van der Waals surface area contributed by atoms with Crippen LogP contribution in [-0.2, 0) is 0 Å². The van der Waals surface area contributed by atoms with Crippen LogP contribution in [0.3, 0.4) is 0 Å². The molecule has 3 heteroatoms. The van der Waals surface area contributed by atoms with Crippen molar-refractivity contribution in [3.63, 3.8) is 0 Å². The van der Waals surface area contributed by atoms with Gasteiger partial charge in [0.15, 0.2) is 0 Å². The first-order valence-corrected chi connectivity index (χ1v) is 8.56. The van der Waals surface area contributed by atoms with Crippen molar-refractivity contribution in [2.75, 3.05) is 6.61 Å². The molecule has 0 radical (unpaired) electrons. The Kier molecular flexibility index (Phi) is 5.37. The minimum Gasteiger partial charge on any atom is -0.494 e. The summed E-state index contributed by atoms with van der Waals surface area (Å²) < 4.78 is 5.78. The lowest BCUT2D eigenvalue weighted by molar-refractivity contribution is 0.310. The van der Waals surface area contributed by atoms with Crippen molar-refractivity contribution in [2.45, 2.75) is 19.8 Å². The van der Waals surface area contributed by atoms with E-state index >= 15 is 0 Å². The van der Waals surface area contributed by atoms with Crippen LogP contribution >= 0.6 is 12.2 Å². The van der Waals surface area contributed by atoms with Crippen molar-refractivity contribution in [1.29, 1.82) is 0 Å². The van der Waals surface area contributed by atoms with Crippen LogP contribution in [0.2, 0.25) is 0 Å². The predicted octanol–water partition coefficient (Wildman–Crippen LogP) is 6.42. The smallest absolute Gasteiger partial charge is 0.119 e. The van der Waals surface area contributed by atoms with Gasteiger partial charge in [0, 0.05) is 0 Å². The number of unbranched alkanes of at least 4 members (excludes halogenated alkanes) is 1. The molecule has 3 rings (SSSR count). The van der Waals surface area contributed by atoms with Crippen LogP contribution in [0.1, 0.15) is 19.8 Å². The molecule has 0 heterocycles. The molecule has 3 aromatic carbocycles. The number of nitrogens with zero attached hydrogens (tertiary/aromatic N) is 1. The Balaban J connectivity index is 1.85. The summed E-state index contributed by atoms with van der Waals surface area (Å²) in [6.45, 7) is 2.94. The Morgan fingerprint density at radius 1 is 0.917 bits per heavy atom. The largest absolute Gasteiger partial charge is 0.494 e. The van der Waals surface area contributed by atoms with Crippen LogP contribution < -0.4 is 4.74 Å². The summed E-state index contributed by atoms with van der Waals surface area (Å²) in [6.07, 6.45) is 2.23. The van der Waals surface area contributed by atoms with E-state index in [4.69, 9.17) is 4.74 Å². The lowest BCUT2D eigenvalue weighted by atomic mass is 10.0. The zero-order valence-electron chi connectivity index (χ0n) is 13.7. The first-order valence-electron chi connectivity index (χ1n) is 8.15. The second kappa shape index (κ2) is 7.87. The second-order valence-electron chi connectivity index (χ2n) is 5.68. The van der Waals surface area contributed by atoms with Crippen LogP contribution in [0.4, 0.5) is 5.69 Å². The van der Waals surface area contributed by atoms with Crippen LogP contribution in [0.25, 0.3) is 21.9 Å². The second-order valence-corrected chi connectivity index (χ2v) is 5.86. The zero-order chi connectivity index (χ0) is 16.8. The van der Waals surface area contributed by atoms with E-state index in [1.165, 1.54) is 16.3 Å². The van der Waals surface area contributed by atoms with Crippen LogP contribution in [0.5, 0.6) is 5.75 Å². The van der Waals surface area contributed by atoms with Crippen molar-refractivity contribution >= 4 is 33.8 Å². The maximum absolute atomic E-state index is 5.78. The molecular formula is C21H19NOS. The molecule has 24 heavy (non-hydrogen) atoms. The Hall–Kier alpha value is -2.48. The highest BCUT2D eigenvalue weighted by Gasteiger charge is 2.02. The average Bonchev–Trinajstić information content (AvgIpc) is 2.62. The SMILES string of the molecule is CCCCOc1ccc2cc(-c3ccc(N=C=S)cc3)ccc2c1. The topological polar surface area (TPSA) is 21.6 Å². The Morgan fingerprint density at radius 3 is 2.38 bits per heavy atom. The number of benzene rings is 3. The van der Waals surface area contributed by atoms with Gasteiger partial charge in [-0.15, -0.1) is 0 Å². The summed E-state index contributed by atoms with van der Waals surface area (Å²) in [5.74, 6) is 0.936. The molecular weight excluding hydrogens is 314 g/mol. The van der Waals surface area contributed by atoms with Crippen molar-refractivity contribution in [2.24, 2.45) is 4.99 Å². The molecule has 0 saturated heterocycles. The van der Waals surface area contributed by atoms with Crippen molar-refractivity contribution < 1.29 is 4.74 Å². The van der Waals surface area contributed by atoms with Crippen LogP contribution in [0.15, 0.2) is 65.7 Å². The third-order valence-electron chi connectivity index (χ3n) is 3.95. The van der Waals surface area contributed by atoms with E-state index < -0.39 is 0 Å². The van der Waals surface area contributed by atoms with E-state index in [2.05, 4.69) is 71.8 Å². The van der Waals surface area contributed by atoms with E-state index in [-0.39, 0.29) is 0 Å². The van der Waals surface area contributed by atoms with Gasteiger partial charge in [-0.05, 0) is 70.9 Å². The highest BCUT2D eigenvalue weighted by molar-refractivity contribution is 7.78. The fourth-order valence-corrected chi connectivity index (χ4v) is 2.71. The fourth-order valence-electron chi connectivity index (χ4n) is 2.61. The maximum Gasteiger partial charge on any atom is 0.119 e. The lowest BCUT2D eigenvalue weighted by Crippen LogP contribution is -1.95. The number of aliphatic imine (C=N–C) groups is 1. The first-order chi connectivity index (χ1) is 11.8. The Morgan fingerprint density at radius 2 is 1.62 bits per heavy atom. The van der Waals surface area contributed by atoms with Gasteiger partial charge in [-0.2, -0.15) is 4.99 Å². The average molecular weight is 333 g/mol. The molecule has 0 N–H and O–H groups in total. The number of fused-ring (bicyclic) bond motifs is 1. The molecule has 3 aromatic rings. The van der Waals surface area contributed by atoms with E-state index in [0.29, 0.717) is 0 Å². The summed E-state index contributed by atoms with van der Waals surface area (Å²) in [5, 5.41) is 4.78. The number of rotatable bonds is 6. The normalized spacial score (nSPS) is 10.4. The van der Waals surface area contributed by atoms with Gasteiger partial charge in [0.1, 0.15) is 5.75 Å². The zero-order valence-corrected chi connectivity index (χ0v) is 14.5. The summed E-state index contributed by atoms with van der Waals surface area (Å²) in [5.41, 5.74) is 3.16. The molecule has 0 aliphatic carbocycles. The van der Waals surface area contributed by atoms with E-state index in [9.17, 15) is 0 Å². The minimum absolute atomic E-state index is 0.774. The molecule has 120 valence electrons. The van der Waals surface area contributed by atoms with Crippen molar-refractivity contribution in [3.05, 3.63) is 60.7 Å². The summed E-state index contributed by atoms with van der Waals surface area (Å²) >= 11 is 4.63. The third kappa shape index (κ3) is 3.88. The number of ether oxygens (including phenoxy) is 1. The molecule has 0 saturated carbocycles. The quantitative estimate of drug-likeness (QED) is 0.295. The van der Waals surface area contributed by atoms with Gasteiger partial charge in [0.25, 0.3) is 0 Å². The third-order valence-corrected chi connectivity index (χ3v) is 4.04. The van der Waals surface area contributed by atoms with Gasteiger partial charge >= 0.3 is 0 Å². The van der Waals surface area contributed by atoms with Crippen molar-refractivity contribution in [1.82, 2.24) is 0 Å². The van der Waals surface area contributed by atoms with Crippen LogP contribution in [0, 0.1) is 0 Å². The molecule has 0 aliphatic heterocycles. The lowest BCUT2D eigenvalue weighted by Gasteiger charge is -2.08. The summed E-state index contributed by atoms with van der Waals surface area (Å²) in [7, 11) is 0. The maximum atomic E-state index is 5.78. The van der Waals surface area contributed by atoms with Gasteiger partial charge in [-0.3, -0.25) is 0 Å². The molecule has 0 atom stereocenters. The van der Waals surface area contributed by atoms with Gasteiger partial charge in [0.05, 0.1) is 17.5 Å². The van der Waals surface area contributed by atoms with E-state index in [1.54, 1.807) is 0 Å². The number of hydrogen-bond acceptors (Lipinski definition) is 3. The molecule has 0 bridgehead atoms. The summed E-state index contributed by atoms with van der Waals surface area (Å²) in [6, 6.07) is 20.7. The number of isothiocyanates is 1. The molecule has 2 nitrogen and oxygen atoms in total. The van der Waals surface area contributed by atoms with Gasteiger partial charge in [-0.25, -0.2) is 0 Å². The Labute approximate surface area is 147 Å². The van der Waals surface area contributed by atoms with Gasteiger partial charge in [0.2, 0.25) is 0 Å². The number of hydrogen-bond donors (Lipinski definition) is 0. The molecule has 0 aromatic heterocycles. The molecule has 0 aliphatic rings. The summed E-state index contributed by atoms with van der Waals surface area (Å²) in [4.78, 5) is 3.98. The van der Waals surface area contributed by atoms with Gasteiger partial charge < -0.3 is 4.74 Å². The van der Waals surface area contributed by atoms with E-state index in [1.807, 2.05) is 18.2 Å². The predicted molar refractivity (Wildman–Crippen MR) is 104 cm³/mol. The highest BCUT2D eigenvalue weighted by atomic mass is 32.1.